The predicted octanol–water partition coefficient (Wildman–Crippen LogP) is 4.02. The molecule has 0 radical (unpaired) electrons. The lowest BCUT2D eigenvalue weighted by Crippen LogP contribution is -2.61. The lowest BCUT2D eigenvalue weighted by atomic mass is 10.00. The average molecular weight is 371 g/mol. The fourth-order valence-electron chi connectivity index (χ4n) is 3.85. The molecule has 1 N–H and O–H groups in total. The lowest BCUT2D eigenvalue weighted by Gasteiger charge is -2.46. The van der Waals surface area contributed by atoms with Gasteiger partial charge in [-0.3, -0.25) is 9.69 Å². The summed E-state index contributed by atoms with van der Waals surface area (Å²) >= 11 is 6.02. The van der Waals surface area contributed by atoms with E-state index < -0.39 is 0 Å². The molecule has 2 aromatic carbocycles. The summed E-state index contributed by atoms with van der Waals surface area (Å²) in [7, 11) is 0. The van der Waals surface area contributed by atoms with Crippen LogP contribution in [0.15, 0.2) is 42.5 Å². The van der Waals surface area contributed by atoms with Gasteiger partial charge in [-0.1, -0.05) is 30.2 Å². The number of nitrogens with zero attached hydrogens (tertiary/aromatic N) is 2. The highest BCUT2D eigenvalue weighted by Gasteiger charge is 2.35. The zero-order chi connectivity index (χ0) is 18.1. The molecule has 0 aliphatic carbocycles. The Labute approximate surface area is 159 Å². The van der Waals surface area contributed by atoms with Crippen LogP contribution in [0.3, 0.4) is 0 Å². The van der Waals surface area contributed by atoms with Crippen molar-refractivity contribution >= 4 is 17.5 Å². The third-order valence-electron chi connectivity index (χ3n) is 5.46. The van der Waals surface area contributed by atoms with Crippen LogP contribution in [0.25, 0.3) is 11.1 Å². The van der Waals surface area contributed by atoms with Crippen LogP contribution in [-0.4, -0.2) is 53.0 Å². The first-order valence-corrected chi connectivity index (χ1v) is 9.62. The summed E-state index contributed by atoms with van der Waals surface area (Å²) in [4.78, 5) is 17.1. The molecule has 0 spiro atoms. The van der Waals surface area contributed by atoms with Crippen molar-refractivity contribution in [1.82, 2.24) is 9.80 Å². The zero-order valence-corrected chi connectivity index (χ0v) is 15.5. The van der Waals surface area contributed by atoms with E-state index >= 15 is 0 Å². The molecule has 0 unspecified atom stereocenters. The molecule has 0 saturated carbocycles. The van der Waals surface area contributed by atoms with Crippen molar-refractivity contribution in [3.63, 3.8) is 0 Å². The van der Waals surface area contributed by atoms with E-state index in [1.54, 1.807) is 18.2 Å². The van der Waals surface area contributed by atoms with Gasteiger partial charge in [-0.05, 0) is 61.8 Å². The Morgan fingerprint density at radius 3 is 2.38 bits per heavy atom. The minimum Gasteiger partial charge on any atom is -0.507 e. The van der Waals surface area contributed by atoms with E-state index in [1.165, 1.54) is 32.4 Å². The smallest absolute Gasteiger partial charge is 0.253 e. The summed E-state index contributed by atoms with van der Waals surface area (Å²) in [5.74, 6) is 0.265. The molecule has 2 heterocycles. The Bertz CT molecular complexity index is 794. The van der Waals surface area contributed by atoms with Crippen molar-refractivity contribution in [2.75, 3.05) is 26.2 Å². The summed E-state index contributed by atoms with van der Waals surface area (Å²) < 4.78 is 0. The van der Waals surface area contributed by atoms with Crippen molar-refractivity contribution in [2.24, 2.45) is 0 Å². The van der Waals surface area contributed by atoms with Gasteiger partial charge in [0.25, 0.3) is 5.91 Å². The molecule has 2 fully saturated rings. The van der Waals surface area contributed by atoms with Gasteiger partial charge in [0.1, 0.15) is 5.75 Å². The van der Waals surface area contributed by atoms with E-state index in [0.29, 0.717) is 22.2 Å². The molecular formula is C21H23ClN2O2. The second-order valence-electron chi connectivity index (χ2n) is 7.20. The van der Waals surface area contributed by atoms with Crippen LogP contribution in [0.5, 0.6) is 5.75 Å². The molecule has 5 heteroatoms. The van der Waals surface area contributed by atoms with E-state index in [9.17, 15) is 9.90 Å². The van der Waals surface area contributed by atoms with Gasteiger partial charge >= 0.3 is 0 Å². The minimum absolute atomic E-state index is 0.0834. The number of piperidine rings is 1. The molecular weight excluding hydrogens is 348 g/mol. The third kappa shape index (κ3) is 3.44. The fourth-order valence-corrected chi connectivity index (χ4v) is 4.02. The molecule has 2 aliphatic rings. The highest BCUT2D eigenvalue weighted by molar-refractivity contribution is 6.31. The van der Waals surface area contributed by atoms with Crippen molar-refractivity contribution in [3.8, 4) is 16.9 Å². The number of phenolic OH excluding ortho intramolecular Hbond substituents is 1. The number of amides is 1. The van der Waals surface area contributed by atoms with Crippen LogP contribution in [0, 0.1) is 0 Å². The first kappa shape index (κ1) is 17.4. The van der Waals surface area contributed by atoms with Crippen molar-refractivity contribution in [2.45, 2.75) is 25.3 Å². The molecule has 2 aliphatic heterocycles. The number of hydrogen-bond acceptors (Lipinski definition) is 3. The van der Waals surface area contributed by atoms with E-state index in [4.69, 9.17) is 11.6 Å². The Balaban J connectivity index is 1.41. The number of benzene rings is 2. The molecule has 136 valence electrons. The Morgan fingerprint density at radius 1 is 1.00 bits per heavy atom. The fraction of sp³-hybridized carbons (Fsp3) is 0.381. The number of carbonyl (C=O) groups is 1. The van der Waals surface area contributed by atoms with Gasteiger partial charge < -0.3 is 10.0 Å². The predicted molar refractivity (Wildman–Crippen MR) is 104 cm³/mol. The van der Waals surface area contributed by atoms with Crippen molar-refractivity contribution in [1.29, 1.82) is 0 Å². The second kappa shape index (κ2) is 7.29. The molecule has 0 bridgehead atoms. The van der Waals surface area contributed by atoms with Gasteiger partial charge in [0.2, 0.25) is 0 Å². The number of likely N-dealkylation sites (tertiary alicyclic amines) is 2. The average Bonchev–Trinajstić information content (AvgIpc) is 2.63. The highest BCUT2D eigenvalue weighted by atomic mass is 35.5. The van der Waals surface area contributed by atoms with Crippen LogP contribution in [0.2, 0.25) is 5.02 Å². The van der Waals surface area contributed by atoms with Crippen molar-refractivity contribution in [3.05, 3.63) is 53.1 Å². The number of carbonyl (C=O) groups excluding carboxylic acids is 1. The van der Waals surface area contributed by atoms with Crippen LogP contribution >= 0.6 is 11.6 Å². The molecule has 1 amide bonds. The molecule has 4 rings (SSSR count). The molecule has 2 aromatic rings. The van der Waals surface area contributed by atoms with Crippen molar-refractivity contribution < 1.29 is 9.90 Å². The van der Waals surface area contributed by atoms with Gasteiger partial charge in [-0.2, -0.15) is 0 Å². The van der Waals surface area contributed by atoms with E-state index in [1.807, 2.05) is 29.2 Å². The first-order chi connectivity index (χ1) is 12.6. The standard InChI is InChI=1S/C21H23ClN2O2/c22-17-8-9-20(25)19(12-17)15-4-6-16(7-5-15)21(26)24-13-18(14-24)23-10-2-1-3-11-23/h4-9,12,18,25H,1-3,10-11,13-14H2. The number of rotatable bonds is 3. The highest BCUT2D eigenvalue weighted by Crippen LogP contribution is 2.32. The minimum atomic E-state index is 0.0834. The first-order valence-electron chi connectivity index (χ1n) is 9.24. The topological polar surface area (TPSA) is 43.8 Å². The Hall–Kier alpha value is -2.04. The normalized spacial score (nSPS) is 18.6. The Morgan fingerprint density at radius 2 is 1.69 bits per heavy atom. The quantitative estimate of drug-likeness (QED) is 0.887. The SMILES string of the molecule is O=C(c1ccc(-c2cc(Cl)ccc2O)cc1)N1CC(N2CCCCC2)C1. The number of phenols is 1. The number of aromatic hydroxyl groups is 1. The molecule has 0 aromatic heterocycles. The van der Waals surface area contributed by atoms with Gasteiger partial charge in [-0.25, -0.2) is 0 Å². The van der Waals surface area contributed by atoms with E-state index in [2.05, 4.69) is 4.90 Å². The van der Waals surface area contributed by atoms with Crippen LogP contribution < -0.4 is 0 Å². The maximum absolute atomic E-state index is 12.7. The number of halogens is 1. The molecule has 0 atom stereocenters. The van der Waals surface area contributed by atoms with E-state index in [-0.39, 0.29) is 11.7 Å². The largest absolute Gasteiger partial charge is 0.507 e. The summed E-state index contributed by atoms with van der Waals surface area (Å²) in [6.45, 7) is 4.00. The van der Waals surface area contributed by atoms with Gasteiger partial charge in [0.15, 0.2) is 0 Å². The summed E-state index contributed by atoms with van der Waals surface area (Å²) in [6, 6.07) is 12.9. The molecule has 2 saturated heterocycles. The summed E-state index contributed by atoms with van der Waals surface area (Å²) in [6.07, 6.45) is 3.89. The summed E-state index contributed by atoms with van der Waals surface area (Å²) in [5.41, 5.74) is 2.20. The van der Waals surface area contributed by atoms with E-state index in [0.717, 1.165) is 18.7 Å². The molecule has 26 heavy (non-hydrogen) atoms. The van der Waals surface area contributed by atoms with Crippen LogP contribution in [0.4, 0.5) is 0 Å². The lowest BCUT2D eigenvalue weighted by molar-refractivity contribution is 0.0203. The van der Waals surface area contributed by atoms with Gasteiger partial charge in [0, 0.05) is 35.3 Å². The maximum atomic E-state index is 12.7. The third-order valence-corrected chi connectivity index (χ3v) is 5.69. The van der Waals surface area contributed by atoms with Gasteiger partial charge in [-0.15, -0.1) is 0 Å². The number of hydrogen-bond donors (Lipinski definition) is 1. The van der Waals surface area contributed by atoms with Gasteiger partial charge in [0.05, 0.1) is 0 Å². The van der Waals surface area contributed by atoms with Crippen LogP contribution in [0.1, 0.15) is 29.6 Å². The Kier molecular flexibility index (Phi) is 4.88. The molecule has 4 nitrogen and oxygen atoms in total. The zero-order valence-electron chi connectivity index (χ0n) is 14.7. The second-order valence-corrected chi connectivity index (χ2v) is 7.64. The monoisotopic (exact) mass is 370 g/mol. The summed E-state index contributed by atoms with van der Waals surface area (Å²) in [5, 5.41) is 10.6. The van der Waals surface area contributed by atoms with Crippen LogP contribution in [-0.2, 0) is 0 Å². The maximum Gasteiger partial charge on any atom is 0.253 e.